The molecule has 1 aromatic rings. The number of aromatic nitrogens is 1. The van der Waals surface area contributed by atoms with Crippen LogP contribution in [0.1, 0.15) is 32.8 Å². The van der Waals surface area contributed by atoms with Gasteiger partial charge in [-0.25, -0.2) is 4.98 Å². The Morgan fingerprint density at radius 3 is 2.72 bits per heavy atom. The van der Waals surface area contributed by atoms with Gasteiger partial charge in [-0.2, -0.15) is 0 Å². The Hall–Kier alpha value is -1.35. The number of pyridine rings is 1. The summed E-state index contributed by atoms with van der Waals surface area (Å²) in [6.45, 7) is 7.49. The van der Waals surface area contributed by atoms with Crippen molar-refractivity contribution >= 4 is 0 Å². The third kappa shape index (κ3) is 5.32. The van der Waals surface area contributed by atoms with Gasteiger partial charge in [-0.05, 0) is 38.8 Å². The van der Waals surface area contributed by atoms with E-state index in [0.29, 0.717) is 11.9 Å². The SMILES string of the molecule is CCCNC(C=C(C)C)Cc1ccc(OC)nc1. The molecule has 0 aliphatic carbocycles. The molecule has 1 atom stereocenters. The first-order chi connectivity index (χ1) is 8.65. The van der Waals surface area contributed by atoms with E-state index in [0.717, 1.165) is 19.4 Å². The Morgan fingerprint density at radius 2 is 2.22 bits per heavy atom. The highest BCUT2D eigenvalue weighted by atomic mass is 16.5. The molecule has 3 heteroatoms. The Kier molecular flexibility index (Phi) is 6.44. The van der Waals surface area contributed by atoms with Gasteiger partial charge in [0.1, 0.15) is 0 Å². The summed E-state index contributed by atoms with van der Waals surface area (Å²) in [7, 11) is 1.64. The predicted molar refractivity (Wildman–Crippen MR) is 76.0 cm³/mol. The Balaban J connectivity index is 2.65. The van der Waals surface area contributed by atoms with E-state index in [1.54, 1.807) is 7.11 Å². The number of ether oxygens (including phenoxy) is 1. The average molecular weight is 248 g/mol. The summed E-state index contributed by atoms with van der Waals surface area (Å²) in [6.07, 6.45) is 6.27. The van der Waals surface area contributed by atoms with Crippen molar-refractivity contribution in [1.29, 1.82) is 0 Å². The summed E-state index contributed by atoms with van der Waals surface area (Å²) in [5.41, 5.74) is 2.56. The van der Waals surface area contributed by atoms with Gasteiger partial charge < -0.3 is 10.1 Å². The molecule has 0 aliphatic rings. The molecular formula is C15H24N2O. The van der Waals surface area contributed by atoms with Crippen LogP contribution in [0.4, 0.5) is 0 Å². The molecule has 0 amide bonds. The van der Waals surface area contributed by atoms with Crippen molar-refractivity contribution in [3.63, 3.8) is 0 Å². The van der Waals surface area contributed by atoms with Crippen molar-refractivity contribution in [2.45, 2.75) is 39.7 Å². The lowest BCUT2D eigenvalue weighted by Crippen LogP contribution is -2.30. The number of rotatable bonds is 7. The average Bonchev–Trinajstić information content (AvgIpc) is 2.36. The van der Waals surface area contributed by atoms with Crippen molar-refractivity contribution < 1.29 is 4.74 Å². The van der Waals surface area contributed by atoms with Crippen LogP contribution < -0.4 is 10.1 Å². The van der Waals surface area contributed by atoms with E-state index < -0.39 is 0 Å². The third-order valence-electron chi connectivity index (χ3n) is 2.65. The highest BCUT2D eigenvalue weighted by molar-refractivity contribution is 5.20. The van der Waals surface area contributed by atoms with E-state index in [9.17, 15) is 0 Å². The monoisotopic (exact) mass is 248 g/mol. The molecule has 100 valence electrons. The minimum absolute atomic E-state index is 0.380. The number of hydrogen-bond acceptors (Lipinski definition) is 3. The Bertz CT molecular complexity index is 367. The summed E-state index contributed by atoms with van der Waals surface area (Å²) in [4.78, 5) is 4.24. The summed E-state index contributed by atoms with van der Waals surface area (Å²) >= 11 is 0. The van der Waals surface area contributed by atoms with Crippen molar-refractivity contribution in [3.05, 3.63) is 35.5 Å². The van der Waals surface area contributed by atoms with Crippen LogP contribution in [0.5, 0.6) is 5.88 Å². The summed E-state index contributed by atoms with van der Waals surface area (Å²) in [5.74, 6) is 0.666. The zero-order chi connectivity index (χ0) is 13.4. The molecule has 0 aliphatic heterocycles. The molecule has 1 heterocycles. The maximum absolute atomic E-state index is 5.06. The second-order valence-corrected chi connectivity index (χ2v) is 4.72. The zero-order valence-electron chi connectivity index (χ0n) is 11.9. The second kappa shape index (κ2) is 7.88. The molecule has 1 unspecified atom stereocenters. The van der Waals surface area contributed by atoms with Crippen LogP contribution in [0.2, 0.25) is 0 Å². The van der Waals surface area contributed by atoms with Crippen molar-refractivity contribution in [2.75, 3.05) is 13.7 Å². The normalized spacial score (nSPS) is 12.0. The number of nitrogens with zero attached hydrogens (tertiary/aromatic N) is 1. The highest BCUT2D eigenvalue weighted by Gasteiger charge is 2.06. The van der Waals surface area contributed by atoms with E-state index in [2.05, 4.69) is 43.2 Å². The quantitative estimate of drug-likeness (QED) is 0.753. The van der Waals surface area contributed by atoms with Crippen LogP contribution in [0.25, 0.3) is 0 Å². The van der Waals surface area contributed by atoms with Gasteiger partial charge in [-0.15, -0.1) is 0 Å². The second-order valence-electron chi connectivity index (χ2n) is 4.72. The molecule has 1 aromatic heterocycles. The maximum atomic E-state index is 5.06. The zero-order valence-corrected chi connectivity index (χ0v) is 11.9. The van der Waals surface area contributed by atoms with Gasteiger partial charge in [-0.1, -0.05) is 24.6 Å². The van der Waals surface area contributed by atoms with E-state index >= 15 is 0 Å². The maximum Gasteiger partial charge on any atom is 0.212 e. The number of methoxy groups -OCH3 is 1. The molecule has 1 rings (SSSR count). The summed E-state index contributed by atoms with van der Waals surface area (Å²) in [6, 6.07) is 4.37. The van der Waals surface area contributed by atoms with Crippen molar-refractivity contribution in [1.82, 2.24) is 10.3 Å². The minimum atomic E-state index is 0.380. The molecule has 0 bridgehead atoms. The number of hydrogen-bond donors (Lipinski definition) is 1. The van der Waals surface area contributed by atoms with Crippen LogP contribution in [-0.4, -0.2) is 24.7 Å². The molecule has 0 radical (unpaired) electrons. The van der Waals surface area contributed by atoms with Gasteiger partial charge in [0.25, 0.3) is 0 Å². The molecule has 0 spiro atoms. The largest absolute Gasteiger partial charge is 0.481 e. The first-order valence-electron chi connectivity index (χ1n) is 6.53. The molecule has 0 fully saturated rings. The molecular weight excluding hydrogens is 224 g/mol. The van der Waals surface area contributed by atoms with Gasteiger partial charge in [0, 0.05) is 18.3 Å². The lowest BCUT2D eigenvalue weighted by atomic mass is 10.1. The molecule has 1 N–H and O–H groups in total. The van der Waals surface area contributed by atoms with Crippen LogP contribution in [0.15, 0.2) is 30.0 Å². The lowest BCUT2D eigenvalue weighted by Gasteiger charge is -2.15. The Morgan fingerprint density at radius 1 is 1.44 bits per heavy atom. The van der Waals surface area contributed by atoms with Crippen LogP contribution in [-0.2, 0) is 6.42 Å². The molecule has 0 saturated carbocycles. The van der Waals surface area contributed by atoms with E-state index in [-0.39, 0.29) is 0 Å². The number of nitrogens with one attached hydrogen (secondary N) is 1. The summed E-state index contributed by atoms with van der Waals surface area (Å²) in [5, 5.41) is 3.54. The summed E-state index contributed by atoms with van der Waals surface area (Å²) < 4.78 is 5.06. The predicted octanol–water partition coefficient (Wildman–Crippen LogP) is 2.97. The van der Waals surface area contributed by atoms with Crippen LogP contribution >= 0.6 is 0 Å². The van der Waals surface area contributed by atoms with Gasteiger partial charge in [0.15, 0.2) is 0 Å². The standard InChI is InChI=1S/C15H24N2O/c1-5-8-16-14(9-12(2)3)10-13-6-7-15(18-4)17-11-13/h6-7,9,11,14,16H,5,8,10H2,1-4H3. The third-order valence-corrected chi connectivity index (χ3v) is 2.65. The van der Waals surface area contributed by atoms with E-state index in [4.69, 9.17) is 4.74 Å². The van der Waals surface area contributed by atoms with Gasteiger partial charge >= 0.3 is 0 Å². The van der Waals surface area contributed by atoms with Gasteiger partial charge in [0.05, 0.1) is 7.11 Å². The first kappa shape index (κ1) is 14.7. The molecule has 3 nitrogen and oxygen atoms in total. The first-order valence-corrected chi connectivity index (χ1v) is 6.53. The Labute approximate surface area is 110 Å². The van der Waals surface area contributed by atoms with Crippen LogP contribution in [0.3, 0.4) is 0 Å². The van der Waals surface area contributed by atoms with Crippen molar-refractivity contribution in [3.8, 4) is 5.88 Å². The topological polar surface area (TPSA) is 34.1 Å². The molecule has 18 heavy (non-hydrogen) atoms. The molecule has 0 aromatic carbocycles. The van der Waals surface area contributed by atoms with Crippen molar-refractivity contribution in [2.24, 2.45) is 0 Å². The lowest BCUT2D eigenvalue weighted by molar-refractivity contribution is 0.397. The fourth-order valence-corrected chi connectivity index (χ4v) is 1.83. The van der Waals surface area contributed by atoms with Gasteiger partial charge in [0.2, 0.25) is 5.88 Å². The fourth-order valence-electron chi connectivity index (χ4n) is 1.83. The number of allylic oxidation sites excluding steroid dienone is 1. The van der Waals surface area contributed by atoms with E-state index in [1.165, 1.54) is 11.1 Å². The highest BCUT2D eigenvalue weighted by Crippen LogP contribution is 2.10. The smallest absolute Gasteiger partial charge is 0.212 e. The molecule has 0 saturated heterocycles. The van der Waals surface area contributed by atoms with Gasteiger partial charge in [-0.3, -0.25) is 0 Å². The fraction of sp³-hybridized carbons (Fsp3) is 0.533. The van der Waals surface area contributed by atoms with E-state index in [1.807, 2.05) is 12.3 Å². The van der Waals surface area contributed by atoms with Crippen LogP contribution in [0, 0.1) is 0 Å². The minimum Gasteiger partial charge on any atom is -0.481 e.